The molecule has 1 aliphatic heterocycles. The Balaban J connectivity index is 1.75. The van der Waals surface area contributed by atoms with Gasteiger partial charge in [0.2, 0.25) is 5.95 Å². The van der Waals surface area contributed by atoms with Gasteiger partial charge in [-0.05, 0) is 24.1 Å². The third kappa shape index (κ3) is 5.05. The fourth-order valence-corrected chi connectivity index (χ4v) is 5.04. The number of hydrogen-bond donors (Lipinski definition) is 1. The molecule has 2 aromatic carbocycles. The van der Waals surface area contributed by atoms with E-state index in [-0.39, 0.29) is 30.8 Å². The lowest BCUT2D eigenvalue weighted by Gasteiger charge is -2.34. The quantitative estimate of drug-likeness (QED) is 0.337. The average molecular weight is 567 g/mol. The topological polar surface area (TPSA) is 132 Å². The summed E-state index contributed by atoms with van der Waals surface area (Å²) in [4.78, 5) is 59.4. The number of esters is 1. The highest BCUT2D eigenvalue weighted by molar-refractivity contribution is 6.32. The zero-order valence-electron chi connectivity index (χ0n) is 21.7. The number of rotatable bonds is 7. The molecule has 1 aliphatic rings. The molecule has 13 heteroatoms. The van der Waals surface area contributed by atoms with E-state index >= 15 is 0 Å². The first-order valence-electron chi connectivity index (χ1n) is 12.6. The van der Waals surface area contributed by atoms with Crippen molar-refractivity contribution in [3.8, 4) is 5.69 Å². The molecule has 1 N–H and O–H groups in total. The highest BCUT2D eigenvalue weighted by Crippen LogP contribution is 2.30. The predicted molar refractivity (Wildman–Crippen MR) is 149 cm³/mol. The highest BCUT2D eigenvalue weighted by Gasteiger charge is 2.29. The van der Waals surface area contributed by atoms with Crippen LogP contribution in [0.1, 0.15) is 5.56 Å². The number of benzene rings is 2. The molecule has 208 valence electrons. The van der Waals surface area contributed by atoms with Crippen molar-refractivity contribution in [2.24, 2.45) is 0 Å². The first kappa shape index (κ1) is 27.0. The summed E-state index contributed by atoms with van der Waals surface area (Å²) in [5.41, 5.74) is 0.194. The van der Waals surface area contributed by atoms with Gasteiger partial charge >= 0.3 is 17.8 Å². The number of hydrogen-bond acceptors (Lipinski definition) is 7. The van der Waals surface area contributed by atoms with Crippen LogP contribution >= 0.6 is 11.6 Å². The van der Waals surface area contributed by atoms with E-state index in [9.17, 15) is 24.3 Å². The van der Waals surface area contributed by atoms with Crippen LogP contribution in [0, 0.1) is 0 Å². The van der Waals surface area contributed by atoms with Crippen molar-refractivity contribution < 1.29 is 19.4 Å². The molecule has 0 aliphatic carbocycles. The Bertz CT molecular complexity index is 1690. The Hall–Kier alpha value is -4.58. The standard InChI is InChI=1S/C27H27ClN6O6/c1-40-21(35)17-33-23-22(24(36)32(26(33)37)12-11-18-7-3-2-4-8-18)34(20-10-6-5-9-19(20)28)25(29-23)30-13-15-31(16-14-30)27(38)39/h2-10H,11-17H2,1H3,(H,38,39). The number of carbonyl (C=O) groups excluding carboxylic acids is 1. The first-order valence-corrected chi connectivity index (χ1v) is 13.0. The molecule has 40 heavy (non-hydrogen) atoms. The van der Waals surface area contributed by atoms with E-state index in [2.05, 4.69) is 0 Å². The third-order valence-corrected chi connectivity index (χ3v) is 7.23. The number of amides is 1. The van der Waals surface area contributed by atoms with E-state index < -0.39 is 29.9 Å². The molecule has 12 nitrogen and oxygen atoms in total. The molecule has 5 rings (SSSR count). The molecule has 2 aromatic heterocycles. The highest BCUT2D eigenvalue weighted by atomic mass is 35.5. The lowest BCUT2D eigenvalue weighted by atomic mass is 10.1. The lowest BCUT2D eigenvalue weighted by molar-refractivity contribution is -0.141. The second-order valence-corrected chi connectivity index (χ2v) is 9.67. The largest absolute Gasteiger partial charge is 0.468 e. The smallest absolute Gasteiger partial charge is 0.407 e. The van der Waals surface area contributed by atoms with Gasteiger partial charge < -0.3 is 19.6 Å². The number of aryl methyl sites for hydroxylation is 1. The first-order chi connectivity index (χ1) is 19.3. The van der Waals surface area contributed by atoms with Crippen LogP contribution in [0.2, 0.25) is 5.02 Å². The normalized spacial score (nSPS) is 13.6. The van der Waals surface area contributed by atoms with Crippen molar-refractivity contribution in [2.75, 3.05) is 38.2 Å². The number of halogens is 1. The fourth-order valence-electron chi connectivity index (χ4n) is 4.82. The van der Waals surface area contributed by atoms with Gasteiger partial charge in [-0.1, -0.05) is 54.1 Å². The Kier molecular flexibility index (Phi) is 7.60. The monoisotopic (exact) mass is 566 g/mol. The Morgan fingerprint density at radius 3 is 2.30 bits per heavy atom. The van der Waals surface area contributed by atoms with Crippen LogP contribution < -0.4 is 16.1 Å². The molecule has 0 spiro atoms. The number of imidazole rings is 1. The number of aromatic nitrogens is 4. The van der Waals surface area contributed by atoms with Crippen molar-refractivity contribution >= 4 is 40.8 Å². The molecule has 0 saturated carbocycles. The van der Waals surface area contributed by atoms with Gasteiger partial charge in [0.25, 0.3) is 5.56 Å². The van der Waals surface area contributed by atoms with Crippen LogP contribution in [-0.4, -0.2) is 74.0 Å². The molecular formula is C27H27ClN6O6. The third-order valence-electron chi connectivity index (χ3n) is 6.91. The molecule has 0 bridgehead atoms. The van der Waals surface area contributed by atoms with Crippen molar-refractivity contribution in [3.05, 3.63) is 86.0 Å². The summed E-state index contributed by atoms with van der Waals surface area (Å²) < 4.78 is 8.65. The van der Waals surface area contributed by atoms with Gasteiger partial charge in [-0.25, -0.2) is 9.59 Å². The summed E-state index contributed by atoms with van der Waals surface area (Å²) in [6, 6.07) is 16.3. The predicted octanol–water partition coefficient (Wildman–Crippen LogP) is 2.22. The van der Waals surface area contributed by atoms with Crippen LogP contribution in [0.5, 0.6) is 0 Å². The van der Waals surface area contributed by atoms with Crippen LogP contribution in [-0.2, 0) is 29.0 Å². The molecule has 1 fully saturated rings. The lowest BCUT2D eigenvalue weighted by Crippen LogP contribution is -2.49. The van der Waals surface area contributed by atoms with E-state index in [0.717, 1.165) is 14.7 Å². The SMILES string of the molecule is COC(=O)Cn1c(=O)n(CCc2ccccc2)c(=O)c2c1nc(N1CCN(C(=O)O)CC1)n2-c1ccccc1Cl. The second kappa shape index (κ2) is 11.3. The number of anilines is 1. The van der Waals surface area contributed by atoms with E-state index in [1.165, 1.54) is 12.0 Å². The second-order valence-electron chi connectivity index (χ2n) is 9.26. The zero-order valence-corrected chi connectivity index (χ0v) is 22.5. The maximum Gasteiger partial charge on any atom is 0.407 e. The van der Waals surface area contributed by atoms with Gasteiger partial charge in [-0.3, -0.25) is 23.3 Å². The Morgan fingerprint density at radius 2 is 1.65 bits per heavy atom. The van der Waals surface area contributed by atoms with Crippen molar-refractivity contribution in [1.29, 1.82) is 0 Å². The minimum Gasteiger partial charge on any atom is -0.468 e. The molecule has 0 radical (unpaired) electrons. The van der Waals surface area contributed by atoms with Crippen molar-refractivity contribution in [2.45, 2.75) is 19.5 Å². The zero-order chi connectivity index (χ0) is 28.4. The van der Waals surface area contributed by atoms with Gasteiger partial charge in [0.05, 0.1) is 17.8 Å². The van der Waals surface area contributed by atoms with Crippen LogP contribution in [0.15, 0.2) is 64.2 Å². The van der Waals surface area contributed by atoms with Crippen LogP contribution in [0.25, 0.3) is 16.9 Å². The maximum absolute atomic E-state index is 14.0. The van der Waals surface area contributed by atoms with E-state index in [1.807, 2.05) is 35.2 Å². The molecule has 0 atom stereocenters. The molecule has 1 amide bonds. The van der Waals surface area contributed by atoms with Gasteiger partial charge in [0, 0.05) is 32.7 Å². The molecular weight excluding hydrogens is 540 g/mol. The average Bonchev–Trinajstić information content (AvgIpc) is 3.36. The van der Waals surface area contributed by atoms with Gasteiger partial charge in [0.1, 0.15) is 6.54 Å². The maximum atomic E-state index is 14.0. The number of nitrogens with zero attached hydrogens (tertiary/aromatic N) is 6. The minimum absolute atomic E-state index is 0.00643. The van der Waals surface area contributed by atoms with Crippen LogP contribution in [0.3, 0.4) is 0 Å². The number of ether oxygens (including phenoxy) is 1. The van der Waals surface area contributed by atoms with Crippen molar-refractivity contribution in [1.82, 2.24) is 23.6 Å². The molecule has 0 unspecified atom stereocenters. The number of methoxy groups -OCH3 is 1. The summed E-state index contributed by atoms with van der Waals surface area (Å²) in [7, 11) is 1.21. The number of para-hydroxylation sites is 1. The molecule has 4 aromatic rings. The Morgan fingerprint density at radius 1 is 0.975 bits per heavy atom. The number of carbonyl (C=O) groups is 2. The summed E-state index contributed by atoms with van der Waals surface area (Å²) in [5.74, 6) is -0.371. The van der Waals surface area contributed by atoms with E-state index in [4.69, 9.17) is 21.3 Å². The van der Waals surface area contributed by atoms with E-state index in [1.54, 1.807) is 28.8 Å². The van der Waals surface area contributed by atoms with Gasteiger partial charge in [-0.15, -0.1) is 0 Å². The van der Waals surface area contributed by atoms with Gasteiger partial charge in [0.15, 0.2) is 11.2 Å². The van der Waals surface area contributed by atoms with Gasteiger partial charge in [-0.2, -0.15) is 4.98 Å². The summed E-state index contributed by atoms with van der Waals surface area (Å²) in [6.07, 6.45) is -0.614. The number of piperazine rings is 1. The van der Waals surface area contributed by atoms with E-state index in [0.29, 0.717) is 36.2 Å². The fraction of sp³-hybridized carbons (Fsp3) is 0.296. The number of fused-ring (bicyclic) bond motifs is 1. The summed E-state index contributed by atoms with van der Waals surface area (Å²) in [5, 5.41) is 9.74. The molecule has 1 saturated heterocycles. The number of carboxylic acid groups (broad SMARTS) is 1. The molecule has 3 heterocycles. The summed E-state index contributed by atoms with van der Waals surface area (Å²) >= 11 is 6.60. The summed E-state index contributed by atoms with van der Waals surface area (Å²) in [6.45, 7) is 0.643. The Labute approximate surface area is 233 Å². The van der Waals surface area contributed by atoms with Crippen molar-refractivity contribution in [3.63, 3.8) is 0 Å². The van der Waals surface area contributed by atoms with Crippen LogP contribution in [0.4, 0.5) is 10.7 Å². The minimum atomic E-state index is -1.02.